The first-order valence-electron chi connectivity index (χ1n) is 15.5. The van der Waals surface area contributed by atoms with Crippen LogP contribution in [0.25, 0.3) is 70.8 Å². The van der Waals surface area contributed by atoms with E-state index in [2.05, 4.69) is 119 Å². The smallest absolute Gasteiger partial charge is 0.241 e. The summed E-state index contributed by atoms with van der Waals surface area (Å²) in [5.74, 6) is 2.43. The van der Waals surface area contributed by atoms with Gasteiger partial charge in [0.25, 0.3) is 0 Å². The van der Waals surface area contributed by atoms with Gasteiger partial charge >= 0.3 is 0 Å². The molecule has 0 bridgehead atoms. The van der Waals surface area contributed by atoms with E-state index >= 15 is 0 Å². The number of nitrogens with zero attached hydrogens (tertiary/aromatic N) is 6. The molecule has 0 unspecified atom stereocenters. The van der Waals surface area contributed by atoms with Crippen LogP contribution in [0.15, 0.2) is 146 Å². The van der Waals surface area contributed by atoms with E-state index in [9.17, 15) is 0 Å². The lowest BCUT2D eigenvalue weighted by atomic mass is 10.0. The van der Waals surface area contributed by atoms with Crippen molar-refractivity contribution in [1.82, 2.24) is 24.5 Å². The number of fused-ring (bicyclic) bond motifs is 10. The zero-order valence-electron chi connectivity index (χ0n) is 24.9. The van der Waals surface area contributed by atoms with E-state index in [1.54, 1.807) is 11.3 Å². The molecule has 0 saturated heterocycles. The van der Waals surface area contributed by atoms with E-state index in [1.807, 2.05) is 36.4 Å². The summed E-state index contributed by atoms with van der Waals surface area (Å²) in [4.78, 5) is 22.8. The quantitative estimate of drug-likeness (QED) is 0.197. The molecule has 1 aliphatic heterocycles. The Balaban J connectivity index is 1.27. The van der Waals surface area contributed by atoms with Gasteiger partial charge in [0.05, 0.1) is 22.4 Å². The van der Waals surface area contributed by atoms with Crippen LogP contribution in [-0.2, 0) is 0 Å². The molecule has 9 aromatic rings. The van der Waals surface area contributed by atoms with E-state index in [0.717, 1.165) is 50.6 Å². The van der Waals surface area contributed by atoms with Crippen LogP contribution in [0.1, 0.15) is 0 Å². The van der Waals surface area contributed by atoms with E-state index in [0.29, 0.717) is 17.6 Å². The summed E-state index contributed by atoms with van der Waals surface area (Å²) < 4.78 is 4.68. The number of benzene rings is 6. The molecular formula is C40H24N6S. The van der Waals surface area contributed by atoms with E-state index in [-0.39, 0.29) is 0 Å². The van der Waals surface area contributed by atoms with Crippen molar-refractivity contribution in [3.63, 3.8) is 0 Å². The molecule has 6 aromatic carbocycles. The minimum atomic E-state index is 0.502. The summed E-state index contributed by atoms with van der Waals surface area (Å²) in [6, 6.07) is 50.3. The van der Waals surface area contributed by atoms with Crippen LogP contribution in [0.3, 0.4) is 0 Å². The molecule has 0 saturated carbocycles. The van der Waals surface area contributed by atoms with Crippen LogP contribution in [0.4, 0.5) is 17.6 Å². The van der Waals surface area contributed by atoms with Gasteiger partial charge in [-0.15, -0.1) is 11.3 Å². The first-order chi connectivity index (χ1) is 23.3. The normalized spacial score (nSPS) is 12.2. The Labute approximate surface area is 273 Å². The molecule has 6 nitrogen and oxygen atoms in total. The van der Waals surface area contributed by atoms with Crippen LogP contribution >= 0.6 is 11.3 Å². The Hall–Kier alpha value is -6.18. The third kappa shape index (κ3) is 4.03. The largest absolute Gasteiger partial charge is 0.277 e. The average molecular weight is 621 g/mol. The lowest BCUT2D eigenvalue weighted by molar-refractivity contribution is 0.974. The lowest BCUT2D eigenvalue weighted by Crippen LogP contribution is -2.18. The Morgan fingerprint density at radius 3 is 2.00 bits per heavy atom. The van der Waals surface area contributed by atoms with Gasteiger partial charge in [-0.2, -0.15) is 9.97 Å². The highest BCUT2D eigenvalue weighted by Gasteiger charge is 2.31. The molecule has 4 heterocycles. The highest BCUT2D eigenvalue weighted by Crippen LogP contribution is 2.47. The number of thiophene rings is 1. The number of hydrogen-bond donors (Lipinski definition) is 0. The van der Waals surface area contributed by atoms with Crippen molar-refractivity contribution in [2.75, 3.05) is 4.90 Å². The monoisotopic (exact) mass is 620 g/mol. The maximum Gasteiger partial charge on any atom is 0.241 e. The summed E-state index contributed by atoms with van der Waals surface area (Å²) in [6.45, 7) is 0. The maximum absolute atomic E-state index is 5.24. The van der Waals surface area contributed by atoms with Crippen molar-refractivity contribution in [3.8, 4) is 39.6 Å². The molecule has 0 atom stereocenters. The van der Waals surface area contributed by atoms with Gasteiger partial charge in [-0.05, 0) is 36.4 Å². The molecule has 47 heavy (non-hydrogen) atoms. The van der Waals surface area contributed by atoms with Gasteiger partial charge in [-0.3, -0.25) is 4.57 Å². The molecule has 0 fully saturated rings. The summed E-state index contributed by atoms with van der Waals surface area (Å²) in [7, 11) is 0. The fourth-order valence-corrected chi connectivity index (χ4v) is 7.82. The van der Waals surface area contributed by atoms with Gasteiger partial charge in [0.15, 0.2) is 11.6 Å². The van der Waals surface area contributed by atoms with Crippen LogP contribution in [0.2, 0.25) is 0 Å². The molecule has 0 amide bonds. The predicted octanol–water partition coefficient (Wildman–Crippen LogP) is 10.4. The van der Waals surface area contributed by atoms with E-state index in [1.165, 1.54) is 20.2 Å². The molecule has 3 aromatic heterocycles. The summed E-state index contributed by atoms with van der Waals surface area (Å²) in [5.41, 5.74) is 7.96. The molecule has 220 valence electrons. The fourth-order valence-electron chi connectivity index (χ4n) is 6.67. The zero-order valence-corrected chi connectivity index (χ0v) is 25.8. The van der Waals surface area contributed by atoms with Gasteiger partial charge in [0.2, 0.25) is 11.9 Å². The van der Waals surface area contributed by atoms with Crippen LogP contribution < -0.4 is 4.90 Å². The molecular weight excluding hydrogens is 597 g/mol. The van der Waals surface area contributed by atoms with Crippen LogP contribution in [0, 0.1) is 0 Å². The van der Waals surface area contributed by atoms with Crippen molar-refractivity contribution in [1.29, 1.82) is 0 Å². The van der Waals surface area contributed by atoms with Crippen LogP contribution in [-0.4, -0.2) is 24.5 Å². The summed E-state index contributed by atoms with van der Waals surface area (Å²) in [6.07, 6.45) is 0. The summed E-state index contributed by atoms with van der Waals surface area (Å²) >= 11 is 1.79. The molecule has 7 heteroatoms. The SMILES string of the molecule is c1ccc(-c2nc(-c3ccc4c(c3)sc3ccccc34)nc(N3c4ccccc4-c4ccccc4-n4c3nc3ccccc34)n2)cc1. The van der Waals surface area contributed by atoms with Gasteiger partial charge < -0.3 is 0 Å². The number of hydrogen-bond acceptors (Lipinski definition) is 6. The Bertz CT molecular complexity index is 2660. The topological polar surface area (TPSA) is 59.7 Å². The Morgan fingerprint density at radius 1 is 0.468 bits per heavy atom. The van der Waals surface area contributed by atoms with Crippen LogP contribution in [0.5, 0.6) is 0 Å². The van der Waals surface area contributed by atoms with Gasteiger partial charge in [0.1, 0.15) is 0 Å². The summed E-state index contributed by atoms with van der Waals surface area (Å²) in [5, 5.41) is 2.50. The van der Waals surface area contributed by atoms with Crippen molar-refractivity contribution >= 4 is 60.1 Å². The minimum absolute atomic E-state index is 0.502. The first kappa shape index (κ1) is 26.1. The second kappa shape index (κ2) is 10.2. The lowest BCUT2D eigenvalue weighted by Gasteiger charge is -2.23. The Kier molecular flexibility index (Phi) is 5.64. The second-order valence-corrected chi connectivity index (χ2v) is 12.6. The van der Waals surface area contributed by atoms with Crippen molar-refractivity contribution < 1.29 is 0 Å². The first-order valence-corrected chi connectivity index (χ1v) is 16.3. The number of aromatic nitrogens is 5. The second-order valence-electron chi connectivity index (χ2n) is 11.6. The average Bonchev–Trinajstić information content (AvgIpc) is 3.67. The molecule has 0 N–H and O–H groups in total. The Morgan fingerprint density at radius 2 is 1.13 bits per heavy atom. The highest BCUT2D eigenvalue weighted by atomic mass is 32.1. The van der Waals surface area contributed by atoms with Crippen molar-refractivity contribution in [2.45, 2.75) is 0 Å². The third-order valence-electron chi connectivity index (χ3n) is 8.82. The van der Waals surface area contributed by atoms with Crippen molar-refractivity contribution in [3.05, 3.63) is 146 Å². The standard InChI is InChI=1S/C40H24N6S/c1-2-12-25(13-3-1)37-42-38(26-22-23-30-29-16-6-11-21-35(29)47-36(30)24-26)44-39(43-37)46-33-19-9-5-15-28(33)27-14-4-8-18-32(27)45-34-20-10-7-17-31(34)41-40(45)46/h1-24H. The van der Waals surface area contributed by atoms with Gasteiger partial charge in [-0.25, -0.2) is 14.9 Å². The van der Waals surface area contributed by atoms with Gasteiger partial charge in [-0.1, -0.05) is 109 Å². The molecule has 0 spiro atoms. The van der Waals surface area contributed by atoms with Gasteiger partial charge in [0, 0.05) is 42.4 Å². The maximum atomic E-state index is 5.24. The number of para-hydroxylation sites is 4. The number of imidazole rings is 1. The zero-order chi connectivity index (χ0) is 30.9. The molecule has 10 rings (SSSR count). The molecule has 1 aliphatic rings. The number of rotatable bonds is 3. The predicted molar refractivity (Wildman–Crippen MR) is 192 cm³/mol. The van der Waals surface area contributed by atoms with E-state index in [4.69, 9.17) is 19.9 Å². The fraction of sp³-hybridized carbons (Fsp3) is 0. The highest BCUT2D eigenvalue weighted by molar-refractivity contribution is 7.25. The van der Waals surface area contributed by atoms with E-state index < -0.39 is 0 Å². The minimum Gasteiger partial charge on any atom is -0.277 e. The number of anilines is 3. The van der Waals surface area contributed by atoms with Crippen molar-refractivity contribution in [2.24, 2.45) is 0 Å². The third-order valence-corrected chi connectivity index (χ3v) is 9.95. The molecule has 0 radical (unpaired) electrons. The molecule has 0 aliphatic carbocycles.